The Balaban J connectivity index is 2.01. The first kappa shape index (κ1) is 15.2. The predicted octanol–water partition coefficient (Wildman–Crippen LogP) is 1.56. The fraction of sp³-hybridized carbons (Fsp3) is 0.267. The van der Waals surface area contributed by atoms with Gasteiger partial charge in [0.2, 0.25) is 0 Å². The number of carbonyl (C=O) groups is 2. The van der Waals surface area contributed by atoms with Crippen molar-refractivity contribution in [2.45, 2.75) is 13.8 Å². The maximum Gasteiger partial charge on any atom is 0.267 e. The smallest absolute Gasteiger partial charge is 0.267 e. The fourth-order valence-electron chi connectivity index (χ4n) is 1.94. The van der Waals surface area contributed by atoms with Gasteiger partial charge in [-0.15, -0.1) is 11.3 Å². The standard InChI is InChI=1S/C15H17N3O2S/c1-10-6-11(2)8-12(7-10)14(20)16-9-13(19)17-15-18(3)4-5-21-15/h4-8H,9H2,1-3H3,(H,16,20). The summed E-state index contributed by atoms with van der Waals surface area (Å²) in [5.74, 6) is -0.633. The van der Waals surface area contributed by atoms with Gasteiger partial charge in [0, 0.05) is 24.2 Å². The number of nitrogens with zero attached hydrogens (tertiary/aromatic N) is 2. The minimum Gasteiger partial charge on any atom is -0.343 e. The van der Waals surface area contributed by atoms with Gasteiger partial charge in [-0.25, -0.2) is 0 Å². The minimum absolute atomic E-state index is 0.107. The van der Waals surface area contributed by atoms with E-state index >= 15 is 0 Å². The first-order chi connectivity index (χ1) is 9.95. The summed E-state index contributed by atoms with van der Waals surface area (Å²) < 4.78 is 1.76. The summed E-state index contributed by atoms with van der Waals surface area (Å²) in [6.07, 6.45) is 1.82. The van der Waals surface area contributed by atoms with E-state index < -0.39 is 0 Å². The third-order valence-corrected chi connectivity index (χ3v) is 3.71. The van der Waals surface area contributed by atoms with Crippen molar-refractivity contribution in [2.75, 3.05) is 6.54 Å². The molecule has 1 aromatic heterocycles. The van der Waals surface area contributed by atoms with E-state index in [-0.39, 0.29) is 18.4 Å². The molecule has 0 atom stereocenters. The Morgan fingerprint density at radius 1 is 1.24 bits per heavy atom. The van der Waals surface area contributed by atoms with Crippen molar-refractivity contribution >= 4 is 23.2 Å². The van der Waals surface area contributed by atoms with Crippen LogP contribution in [0, 0.1) is 13.8 Å². The number of hydrogen-bond donors (Lipinski definition) is 1. The number of aromatic nitrogens is 1. The zero-order chi connectivity index (χ0) is 15.4. The zero-order valence-corrected chi connectivity index (χ0v) is 13.0. The summed E-state index contributed by atoms with van der Waals surface area (Å²) in [6, 6.07) is 5.58. The van der Waals surface area contributed by atoms with Crippen LogP contribution in [0.4, 0.5) is 0 Å². The highest BCUT2D eigenvalue weighted by molar-refractivity contribution is 7.07. The van der Waals surface area contributed by atoms with Crippen molar-refractivity contribution in [2.24, 2.45) is 12.0 Å². The highest BCUT2D eigenvalue weighted by atomic mass is 32.1. The van der Waals surface area contributed by atoms with Crippen LogP contribution in [-0.4, -0.2) is 22.9 Å². The van der Waals surface area contributed by atoms with Crippen LogP contribution in [0.5, 0.6) is 0 Å². The molecular formula is C15H17N3O2S. The second-order valence-electron chi connectivity index (χ2n) is 4.86. The molecule has 0 unspecified atom stereocenters. The molecule has 0 saturated carbocycles. The first-order valence-corrected chi connectivity index (χ1v) is 7.38. The van der Waals surface area contributed by atoms with Gasteiger partial charge in [0.1, 0.15) is 0 Å². The molecule has 0 saturated heterocycles. The van der Waals surface area contributed by atoms with Gasteiger partial charge in [0.25, 0.3) is 11.8 Å². The fourth-order valence-corrected chi connectivity index (χ4v) is 2.69. The predicted molar refractivity (Wildman–Crippen MR) is 82.1 cm³/mol. The van der Waals surface area contributed by atoms with Gasteiger partial charge in [-0.1, -0.05) is 17.2 Å². The van der Waals surface area contributed by atoms with Crippen LogP contribution in [0.2, 0.25) is 0 Å². The molecule has 2 aromatic rings. The van der Waals surface area contributed by atoms with Gasteiger partial charge in [-0.3, -0.25) is 9.59 Å². The van der Waals surface area contributed by atoms with Gasteiger partial charge in [0.15, 0.2) is 4.80 Å². The molecule has 21 heavy (non-hydrogen) atoms. The van der Waals surface area contributed by atoms with E-state index in [1.54, 1.807) is 16.7 Å². The number of nitrogens with one attached hydrogen (secondary N) is 1. The molecule has 0 spiro atoms. The highest BCUT2D eigenvalue weighted by Gasteiger charge is 2.08. The molecule has 0 aliphatic carbocycles. The summed E-state index contributed by atoms with van der Waals surface area (Å²) in [7, 11) is 1.82. The summed E-state index contributed by atoms with van der Waals surface area (Å²) in [6.45, 7) is 3.76. The van der Waals surface area contributed by atoms with Crippen LogP contribution in [0.1, 0.15) is 21.5 Å². The maximum atomic E-state index is 12.0. The Morgan fingerprint density at radius 2 is 1.90 bits per heavy atom. The van der Waals surface area contributed by atoms with Gasteiger partial charge < -0.3 is 9.88 Å². The average Bonchev–Trinajstić information content (AvgIpc) is 2.80. The van der Waals surface area contributed by atoms with Crippen molar-refractivity contribution in [3.05, 3.63) is 51.3 Å². The Kier molecular flexibility index (Phi) is 4.70. The van der Waals surface area contributed by atoms with E-state index in [0.29, 0.717) is 10.4 Å². The summed E-state index contributed by atoms with van der Waals surface area (Å²) in [5, 5.41) is 4.45. The molecule has 0 aliphatic rings. The van der Waals surface area contributed by atoms with Crippen LogP contribution >= 0.6 is 11.3 Å². The highest BCUT2D eigenvalue weighted by Crippen LogP contribution is 2.08. The van der Waals surface area contributed by atoms with Crippen molar-refractivity contribution in [3.63, 3.8) is 0 Å². The summed E-state index contributed by atoms with van der Waals surface area (Å²) in [5.41, 5.74) is 2.59. The van der Waals surface area contributed by atoms with Crippen molar-refractivity contribution in [3.8, 4) is 0 Å². The van der Waals surface area contributed by atoms with Crippen LogP contribution < -0.4 is 10.1 Å². The maximum absolute atomic E-state index is 12.0. The third kappa shape index (κ3) is 4.13. The number of aryl methyl sites for hydroxylation is 3. The van der Waals surface area contributed by atoms with Crippen molar-refractivity contribution in [1.82, 2.24) is 9.88 Å². The van der Waals surface area contributed by atoms with Crippen molar-refractivity contribution < 1.29 is 9.59 Å². The molecule has 1 heterocycles. The molecular weight excluding hydrogens is 286 g/mol. The Labute approximate surface area is 127 Å². The zero-order valence-electron chi connectivity index (χ0n) is 12.2. The molecule has 2 rings (SSSR count). The van der Waals surface area contributed by atoms with Crippen molar-refractivity contribution in [1.29, 1.82) is 0 Å². The van der Waals surface area contributed by atoms with Crippen LogP contribution in [0.3, 0.4) is 0 Å². The SMILES string of the molecule is Cc1cc(C)cc(C(=O)NCC(=O)N=c2sccn2C)c1. The molecule has 5 nitrogen and oxygen atoms in total. The Bertz CT molecular complexity index is 723. The monoisotopic (exact) mass is 303 g/mol. The Morgan fingerprint density at radius 3 is 2.48 bits per heavy atom. The third-order valence-electron chi connectivity index (χ3n) is 2.86. The lowest BCUT2D eigenvalue weighted by Gasteiger charge is -2.05. The Hall–Kier alpha value is -2.21. The molecule has 1 aromatic carbocycles. The molecule has 1 N–H and O–H groups in total. The summed E-state index contributed by atoms with van der Waals surface area (Å²) >= 11 is 1.38. The molecule has 6 heteroatoms. The second-order valence-corrected chi connectivity index (χ2v) is 5.73. The number of benzene rings is 1. The molecule has 0 aliphatic heterocycles. The van der Waals surface area contributed by atoms with Crippen LogP contribution in [-0.2, 0) is 11.8 Å². The van der Waals surface area contributed by atoms with E-state index in [4.69, 9.17) is 0 Å². The molecule has 0 radical (unpaired) electrons. The average molecular weight is 303 g/mol. The minimum atomic E-state index is -0.370. The normalized spacial score (nSPS) is 11.5. The first-order valence-electron chi connectivity index (χ1n) is 6.50. The number of amides is 2. The number of carbonyl (C=O) groups excluding carboxylic acids is 2. The van der Waals surface area contributed by atoms with Gasteiger partial charge in [-0.05, 0) is 26.0 Å². The molecule has 0 bridgehead atoms. The topological polar surface area (TPSA) is 63.5 Å². The second kappa shape index (κ2) is 6.49. The van der Waals surface area contributed by atoms with E-state index in [0.717, 1.165) is 11.1 Å². The lowest BCUT2D eigenvalue weighted by atomic mass is 10.1. The molecule has 110 valence electrons. The van der Waals surface area contributed by atoms with Crippen LogP contribution in [0.15, 0.2) is 34.8 Å². The van der Waals surface area contributed by atoms with E-state index in [2.05, 4.69) is 10.3 Å². The quantitative estimate of drug-likeness (QED) is 0.935. The number of thiazole rings is 1. The molecule has 0 fully saturated rings. The molecule has 2 amide bonds. The van der Waals surface area contributed by atoms with Crippen LogP contribution in [0.25, 0.3) is 0 Å². The number of hydrogen-bond acceptors (Lipinski definition) is 3. The largest absolute Gasteiger partial charge is 0.343 e. The summed E-state index contributed by atoms with van der Waals surface area (Å²) in [4.78, 5) is 28.3. The number of rotatable bonds is 3. The van der Waals surface area contributed by atoms with Gasteiger partial charge in [0.05, 0.1) is 6.54 Å². The van der Waals surface area contributed by atoms with Gasteiger partial charge in [-0.2, -0.15) is 4.99 Å². The van der Waals surface area contributed by atoms with Gasteiger partial charge >= 0.3 is 0 Å². The van der Waals surface area contributed by atoms with E-state index in [9.17, 15) is 9.59 Å². The lowest BCUT2D eigenvalue weighted by Crippen LogP contribution is -2.30. The lowest BCUT2D eigenvalue weighted by molar-refractivity contribution is -0.117. The van der Waals surface area contributed by atoms with E-state index in [1.165, 1.54) is 11.3 Å². The van der Waals surface area contributed by atoms with E-state index in [1.807, 2.05) is 38.5 Å².